The molecule has 2 heterocycles. The molecule has 2 nitrogen and oxygen atoms in total. The minimum Gasteiger partial charge on any atom is -0.321 e. The van der Waals surface area contributed by atoms with Crippen LogP contribution < -0.4 is 9.80 Å². The van der Waals surface area contributed by atoms with Gasteiger partial charge in [-0.1, -0.05) is 121 Å². The van der Waals surface area contributed by atoms with Crippen molar-refractivity contribution in [1.29, 1.82) is 0 Å². The van der Waals surface area contributed by atoms with Crippen LogP contribution in [0.15, 0.2) is 178 Å². The summed E-state index contributed by atoms with van der Waals surface area (Å²) in [7, 11) is 0. The fraction of sp³-hybridized carbons (Fsp3) is 0.160. The first-order chi connectivity index (χ1) is 26.2. The summed E-state index contributed by atoms with van der Waals surface area (Å²) in [6, 6.07) is 42.7. The summed E-state index contributed by atoms with van der Waals surface area (Å²) in [5.41, 5.74) is 19.8. The molecule has 5 aromatic carbocycles. The molecule has 5 aromatic rings. The van der Waals surface area contributed by atoms with Gasteiger partial charge in [0.2, 0.25) is 0 Å². The highest BCUT2D eigenvalue weighted by Crippen LogP contribution is 2.61. The lowest BCUT2D eigenvalue weighted by atomic mass is 9.72. The topological polar surface area (TPSA) is 6.48 Å². The maximum atomic E-state index is 2.60. The van der Waals surface area contributed by atoms with Crippen LogP contribution in [0.4, 0.5) is 22.7 Å². The SMILES string of the molecule is C1=CC2=C(CC1)CC1(C2)C2=C(CCC(N3C=CCc4ccccc43)=C2)c2ccc(/C=C/c3ccc(N4c5ccccc5Sc5ccccc54)cc3)cc21. The van der Waals surface area contributed by atoms with E-state index in [1.807, 2.05) is 11.8 Å². The van der Waals surface area contributed by atoms with Crippen LogP contribution in [0.2, 0.25) is 0 Å². The van der Waals surface area contributed by atoms with Crippen LogP contribution in [0.3, 0.4) is 0 Å². The normalized spacial score (nSPS) is 20.7. The Labute approximate surface area is 316 Å². The Morgan fingerprint density at radius 2 is 1.40 bits per heavy atom. The monoisotopic (exact) mass is 700 g/mol. The van der Waals surface area contributed by atoms with Gasteiger partial charge in [-0.15, -0.1) is 0 Å². The Morgan fingerprint density at radius 1 is 0.660 bits per heavy atom. The van der Waals surface area contributed by atoms with E-state index in [0.29, 0.717) is 0 Å². The van der Waals surface area contributed by atoms with Crippen LogP contribution in [0, 0.1) is 0 Å². The Balaban J connectivity index is 0.924. The first kappa shape index (κ1) is 31.1. The fourth-order valence-electron chi connectivity index (χ4n) is 9.80. The summed E-state index contributed by atoms with van der Waals surface area (Å²) in [5.74, 6) is 0. The van der Waals surface area contributed by atoms with E-state index >= 15 is 0 Å². The van der Waals surface area contributed by atoms with E-state index in [-0.39, 0.29) is 5.41 Å². The van der Waals surface area contributed by atoms with E-state index in [4.69, 9.17) is 0 Å². The van der Waals surface area contributed by atoms with Crippen LogP contribution in [-0.2, 0) is 11.8 Å². The predicted octanol–water partition coefficient (Wildman–Crippen LogP) is 13.5. The van der Waals surface area contributed by atoms with Crippen molar-refractivity contribution in [3.05, 3.63) is 196 Å². The Bertz CT molecular complexity index is 2480. The number of nitrogens with zero attached hydrogens (tertiary/aromatic N) is 2. The van der Waals surface area contributed by atoms with Gasteiger partial charge in [-0.3, -0.25) is 0 Å². The number of hydrogen-bond acceptors (Lipinski definition) is 3. The van der Waals surface area contributed by atoms with Crippen molar-refractivity contribution in [3.63, 3.8) is 0 Å². The molecule has 0 amide bonds. The molecule has 256 valence electrons. The average molecular weight is 701 g/mol. The Morgan fingerprint density at radius 3 is 2.21 bits per heavy atom. The van der Waals surface area contributed by atoms with Crippen LogP contribution >= 0.6 is 11.8 Å². The molecular formula is C50H40N2S. The third-order valence-electron chi connectivity index (χ3n) is 12.3. The van der Waals surface area contributed by atoms with Gasteiger partial charge >= 0.3 is 0 Å². The molecule has 1 unspecified atom stereocenters. The molecular weight excluding hydrogens is 661 g/mol. The van der Waals surface area contributed by atoms with E-state index in [1.165, 1.54) is 78.9 Å². The molecule has 1 spiro atoms. The number of allylic oxidation sites excluding steroid dienone is 9. The largest absolute Gasteiger partial charge is 0.321 e. The molecule has 0 fully saturated rings. The van der Waals surface area contributed by atoms with Gasteiger partial charge in [-0.2, -0.15) is 0 Å². The van der Waals surface area contributed by atoms with Gasteiger partial charge < -0.3 is 9.80 Å². The lowest BCUT2D eigenvalue weighted by Gasteiger charge is -2.34. The van der Waals surface area contributed by atoms with Gasteiger partial charge in [-0.25, -0.2) is 0 Å². The highest BCUT2D eigenvalue weighted by atomic mass is 32.2. The number of anilines is 4. The first-order valence-corrected chi connectivity index (χ1v) is 20.0. The number of benzene rings is 5. The Hall–Kier alpha value is -5.51. The molecule has 4 aliphatic carbocycles. The van der Waals surface area contributed by atoms with E-state index in [2.05, 4.69) is 168 Å². The molecule has 0 N–H and O–H groups in total. The van der Waals surface area contributed by atoms with Crippen molar-refractivity contribution in [1.82, 2.24) is 0 Å². The molecule has 0 bridgehead atoms. The van der Waals surface area contributed by atoms with E-state index < -0.39 is 0 Å². The van der Waals surface area contributed by atoms with E-state index in [1.54, 1.807) is 22.3 Å². The van der Waals surface area contributed by atoms with Crippen molar-refractivity contribution < 1.29 is 0 Å². The van der Waals surface area contributed by atoms with Crippen LogP contribution in [-0.4, -0.2) is 0 Å². The molecule has 0 aromatic heterocycles. The summed E-state index contributed by atoms with van der Waals surface area (Å²) in [6.45, 7) is 0. The summed E-state index contributed by atoms with van der Waals surface area (Å²) in [4.78, 5) is 7.45. The lowest BCUT2D eigenvalue weighted by Crippen LogP contribution is -2.26. The second-order valence-corrected chi connectivity index (χ2v) is 16.3. The standard InChI is InChI=1S/C50H40N2S/c1-2-12-38-33-50(32-37(38)11-1)43-30-35(23-27-41(43)42-28-26-40(31-44(42)50)51-29-9-13-36-10-3-4-14-45(36)51)20-19-34-21-24-39(25-22-34)52-46-15-5-7-17-48(46)53-49-18-8-6-16-47(49)52/h1,3-11,14-25,27,29-31H,2,12-13,26,28,32-33H2/b20-19+. The first-order valence-electron chi connectivity index (χ1n) is 19.2. The quantitative estimate of drug-likeness (QED) is 0.169. The Kier molecular flexibility index (Phi) is 7.20. The molecule has 0 saturated heterocycles. The van der Waals surface area contributed by atoms with Crippen molar-refractivity contribution in [3.8, 4) is 0 Å². The third kappa shape index (κ3) is 5.01. The molecule has 1 atom stereocenters. The minimum atomic E-state index is 0.0134. The van der Waals surface area contributed by atoms with Crippen molar-refractivity contribution in [2.24, 2.45) is 0 Å². The van der Waals surface area contributed by atoms with Gasteiger partial charge in [0, 0.05) is 38.5 Å². The van der Waals surface area contributed by atoms with E-state index in [0.717, 1.165) is 32.1 Å². The molecule has 6 aliphatic rings. The number of para-hydroxylation sites is 3. The van der Waals surface area contributed by atoms with E-state index in [9.17, 15) is 0 Å². The van der Waals surface area contributed by atoms with Crippen molar-refractivity contribution >= 4 is 52.2 Å². The van der Waals surface area contributed by atoms with Gasteiger partial charge in [0.15, 0.2) is 0 Å². The predicted molar refractivity (Wildman–Crippen MR) is 223 cm³/mol. The molecule has 11 rings (SSSR count). The highest BCUT2D eigenvalue weighted by molar-refractivity contribution is 7.99. The van der Waals surface area contributed by atoms with Crippen LogP contribution in [0.1, 0.15) is 66.3 Å². The van der Waals surface area contributed by atoms with Crippen molar-refractivity contribution in [2.45, 2.75) is 60.2 Å². The number of hydrogen-bond donors (Lipinski definition) is 0. The number of fused-ring (bicyclic) bond motifs is 7. The van der Waals surface area contributed by atoms with Crippen LogP contribution in [0.5, 0.6) is 0 Å². The maximum absolute atomic E-state index is 2.60. The summed E-state index contributed by atoms with van der Waals surface area (Å²) in [6.07, 6.45) is 24.5. The molecule has 0 saturated carbocycles. The zero-order valence-electron chi connectivity index (χ0n) is 29.8. The smallest absolute Gasteiger partial charge is 0.0601 e. The minimum absolute atomic E-state index is 0.0134. The molecule has 2 aliphatic heterocycles. The highest BCUT2D eigenvalue weighted by Gasteiger charge is 2.49. The van der Waals surface area contributed by atoms with Gasteiger partial charge in [-0.05, 0) is 138 Å². The summed E-state index contributed by atoms with van der Waals surface area (Å²) < 4.78 is 0. The van der Waals surface area contributed by atoms with Gasteiger partial charge in [0.05, 0.1) is 11.4 Å². The lowest BCUT2D eigenvalue weighted by molar-refractivity contribution is 0.548. The zero-order valence-corrected chi connectivity index (χ0v) is 30.6. The van der Waals surface area contributed by atoms with Gasteiger partial charge in [0.25, 0.3) is 0 Å². The fourth-order valence-corrected chi connectivity index (χ4v) is 10.9. The summed E-state index contributed by atoms with van der Waals surface area (Å²) in [5, 5.41) is 0. The molecule has 53 heavy (non-hydrogen) atoms. The van der Waals surface area contributed by atoms with Crippen LogP contribution in [0.25, 0.3) is 17.7 Å². The molecule has 0 radical (unpaired) electrons. The second-order valence-electron chi connectivity index (χ2n) is 15.2. The summed E-state index contributed by atoms with van der Waals surface area (Å²) >= 11 is 1.85. The molecule has 3 heteroatoms. The van der Waals surface area contributed by atoms with Gasteiger partial charge in [0.1, 0.15) is 0 Å². The number of rotatable bonds is 4. The third-order valence-corrected chi connectivity index (χ3v) is 13.4. The average Bonchev–Trinajstić information content (AvgIpc) is 3.74. The maximum Gasteiger partial charge on any atom is 0.0601 e. The zero-order chi connectivity index (χ0) is 34.9. The van der Waals surface area contributed by atoms with Crippen molar-refractivity contribution in [2.75, 3.05) is 9.80 Å². The second kappa shape index (κ2) is 12.3.